The van der Waals surface area contributed by atoms with Crippen molar-refractivity contribution in [1.82, 2.24) is 0 Å². The minimum absolute atomic E-state index is 0.0197. The van der Waals surface area contributed by atoms with Gasteiger partial charge in [0.2, 0.25) is 6.29 Å². The maximum atomic E-state index is 16.0. The van der Waals surface area contributed by atoms with Crippen molar-refractivity contribution < 1.29 is 188 Å². The van der Waals surface area contributed by atoms with Gasteiger partial charge in [0.15, 0.2) is 50.1 Å². The van der Waals surface area contributed by atoms with Crippen LogP contribution in [0.25, 0.3) is 0 Å². The van der Waals surface area contributed by atoms with E-state index in [0.717, 1.165) is 5.57 Å². The Morgan fingerprint density at radius 3 is 1.50 bits per heavy atom. The van der Waals surface area contributed by atoms with Crippen molar-refractivity contribution in [3.05, 3.63) is 11.6 Å². The Kier molecular flexibility index (Phi) is 25.8. The number of hydrogen-bond donors (Lipinski definition) is 21. The highest BCUT2D eigenvalue weighted by Gasteiger charge is 2.73. The summed E-state index contributed by atoms with van der Waals surface area (Å²) in [5.41, 5.74) is -3.45. The number of allylic oxidation sites excluding steroid dienone is 2. The molecule has 38 nitrogen and oxygen atoms in total. The van der Waals surface area contributed by atoms with Gasteiger partial charge in [0.1, 0.15) is 158 Å². The highest BCUT2D eigenvalue weighted by atomic mass is 16.8. The van der Waals surface area contributed by atoms with E-state index >= 15 is 4.79 Å². The number of carbonyl (C=O) groups excluding carboxylic acids is 1. The van der Waals surface area contributed by atoms with E-state index < -0.39 is 318 Å². The second kappa shape index (κ2) is 33.1. The molecule has 0 bridgehead atoms. The summed E-state index contributed by atoms with van der Waals surface area (Å²) in [6.07, 6.45) is -56.4. The second-order valence-electron chi connectivity index (χ2n) is 35.4. The zero-order valence-electron chi connectivity index (χ0n) is 63.3. The summed E-state index contributed by atoms with van der Waals surface area (Å²) < 4.78 is 95.7. The molecule has 0 amide bonds. The minimum Gasteiger partial charge on any atom is -0.432 e. The molecule has 4 saturated carbocycles. The Morgan fingerprint density at radius 2 is 0.919 bits per heavy atom. The van der Waals surface area contributed by atoms with Gasteiger partial charge in [-0.2, -0.15) is 0 Å². The summed E-state index contributed by atoms with van der Waals surface area (Å²) in [5.74, 6) is -1.68. The molecular weight excluding hydrogens is 1480 g/mol. The average molecular weight is 1600 g/mol. The summed E-state index contributed by atoms with van der Waals surface area (Å²) in [7, 11) is 0. The number of aliphatic hydroxyl groups excluding tert-OH is 21. The van der Waals surface area contributed by atoms with E-state index in [9.17, 15) is 107 Å². The number of carbonyl (C=O) groups is 1. The van der Waals surface area contributed by atoms with Crippen LogP contribution in [0.15, 0.2) is 11.6 Å². The van der Waals surface area contributed by atoms with Gasteiger partial charge in [-0.25, -0.2) is 0 Å². The summed E-state index contributed by atoms with van der Waals surface area (Å²) in [4.78, 5) is 16.0. The molecule has 21 N–H and O–H groups in total. The zero-order valence-corrected chi connectivity index (χ0v) is 63.3. The maximum Gasteiger partial charge on any atom is 0.317 e. The largest absolute Gasteiger partial charge is 0.432 e. The van der Waals surface area contributed by atoms with Crippen LogP contribution in [-0.2, 0) is 80.6 Å². The number of esters is 1. The Balaban J connectivity index is 0.719. The first-order chi connectivity index (χ1) is 52.1. The quantitative estimate of drug-likeness (QED) is 0.0344. The standard InChI is InChI=1S/C73H118O38/c1-26-54(106-62-53(94)55(33(79)24-99-62)107-59-48(89)40(81)29(75)20-96-59)52(93)58(109-61-50(91)42(83)31(77)22-98-61)65(102-26)110-57-47(88)44(85)34(19-74)103-66(57)111-67(95)73-16-15-68(2,3)17-28(73)27-9-10-37-70(6)13-12-39(69(4,5)36(70)11-14-71(37,7)72(27,8)18-38(73)80)105-63-51(92)46(87)45(86)35(104-63)25-101-64-56(43(84)32(78)23-100-64)108-60-49(90)41(82)30(76)21-97-60/h9,26,28-66,74-94H,10-25H2,1-8H3/t26-,28-,29+,30+,31+,32-,33+,34+,35+,36-,37+,38+,39-,40-,41-,42-,43-,44+,45+,46-,47-,48+,49+,50+,51+,52+,53+,54-,55-,56+,57+,58+,59-,60-,61-,62-,63-,64-,65-,66-,70-,71+,72+,73+/m0/s1. The van der Waals surface area contributed by atoms with Crippen LogP contribution in [0.2, 0.25) is 0 Å². The van der Waals surface area contributed by atoms with Crippen molar-refractivity contribution in [3.8, 4) is 0 Å². The summed E-state index contributed by atoms with van der Waals surface area (Å²) in [5, 5.41) is 233. The number of aliphatic hydroxyl groups is 21. The van der Waals surface area contributed by atoms with Crippen molar-refractivity contribution in [2.24, 2.45) is 50.2 Å². The van der Waals surface area contributed by atoms with Gasteiger partial charge in [0, 0.05) is 0 Å². The molecule has 0 aromatic carbocycles. The molecule has 0 radical (unpaired) electrons. The van der Waals surface area contributed by atoms with E-state index in [1.165, 1.54) is 6.92 Å². The molecule has 13 aliphatic rings. The number of hydrogen-bond acceptors (Lipinski definition) is 38. The second-order valence-corrected chi connectivity index (χ2v) is 35.4. The molecule has 8 aliphatic heterocycles. The van der Waals surface area contributed by atoms with Gasteiger partial charge in [-0.3, -0.25) is 4.79 Å². The zero-order chi connectivity index (χ0) is 80.6. The molecule has 5 aliphatic carbocycles. The van der Waals surface area contributed by atoms with E-state index in [4.69, 9.17) is 75.8 Å². The van der Waals surface area contributed by atoms with Crippen LogP contribution < -0.4 is 0 Å². The van der Waals surface area contributed by atoms with Crippen LogP contribution in [-0.4, -0.2) is 387 Å². The Hall–Kier alpha value is -2.23. The Morgan fingerprint density at radius 1 is 0.432 bits per heavy atom. The molecule has 0 unspecified atom stereocenters. The lowest BCUT2D eigenvalue weighted by Gasteiger charge is -2.71. The van der Waals surface area contributed by atoms with Crippen molar-refractivity contribution >= 4 is 5.97 Å². The molecule has 8 heterocycles. The minimum atomic E-state index is -2.10. The molecule has 111 heavy (non-hydrogen) atoms. The third kappa shape index (κ3) is 15.5. The molecule has 44 atom stereocenters. The van der Waals surface area contributed by atoms with E-state index in [1.807, 2.05) is 0 Å². The molecule has 638 valence electrons. The average Bonchev–Trinajstić information content (AvgIpc) is 0.670. The molecule has 0 aromatic rings. The monoisotopic (exact) mass is 1600 g/mol. The van der Waals surface area contributed by atoms with Gasteiger partial charge in [-0.05, 0) is 110 Å². The lowest BCUT2D eigenvalue weighted by Crippen LogP contribution is -2.69. The smallest absolute Gasteiger partial charge is 0.317 e. The van der Waals surface area contributed by atoms with Crippen LogP contribution >= 0.6 is 0 Å². The van der Waals surface area contributed by atoms with Crippen molar-refractivity contribution in [3.63, 3.8) is 0 Å². The summed E-state index contributed by atoms with van der Waals surface area (Å²) in [6.45, 7) is 12.5. The van der Waals surface area contributed by atoms with Crippen molar-refractivity contribution in [1.29, 1.82) is 0 Å². The SMILES string of the molecule is C[C@@H]1O[C@@H](O[C@H]2[C@H](OC(=O)[C@]34CCC(C)(C)C[C@H]3C3=CC[C@@H]5[C@@]6(C)CC[C@H](O[C@@H]7O[C@H](CO[C@@H]8OC[C@H](O)[C@H](O)[C@H]8O[C@@H]8OC[C@@H](O)[C@H](O)[C@H]8O)[C@@H](O)[C@H](O)[C@H]7O)C(C)(C)[C@@H]6CC[C@@]5(C)[C@]3(C)C[C@H]4O)O[C@H](CO)[C@@H](O)[C@@H]2O)[C@H](O[C@@H]2OC[C@@H](O)[C@H](O)[C@H]2O)[C@H](O)[C@H]1O[C@@H]1OC[C@@H](O)[C@H](O[C@@H]2OC[C@@H](O)[C@H](O)[C@H]2O)[C@H]1O. The fraction of sp³-hybridized carbons (Fsp3) is 0.959. The fourth-order valence-corrected chi connectivity index (χ4v) is 21.0. The topological polar surface area (TPSA) is 590 Å². The predicted octanol–water partition coefficient (Wildman–Crippen LogP) is -7.54. The lowest BCUT2D eigenvalue weighted by molar-refractivity contribution is -0.398. The third-order valence-corrected chi connectivity index (χ3v) is 27.9. The van der Waals surface area contributed by atoms with Gasteiger partial charge in [-0.15, -0.1) is 0 Å². The first-order valence-corrected chi connectivity index (χ1v) is 38.9. The van der Waals surface area contributed by atoms with Crippen LogP contribution in [0.4, 0.5) is 0 Å². The highest BCUT2D eigenvalue weighted by Crippen LogP contribution is 2.76. The van der Waals surface area contributed by atoms with Crippen LogP contribution in [0.1, 0.15) is 113 Å². The van der Waals surface area contributed by atoms with Crippen LogP contribution in [0.5, 0.6) is 0 Å². The van der Waals surface area contributed by atoms with Gasteiger partial charge in [-0.1, -0.05) is 60.1 Å². The third-order valence-electron chi connectivity index (χ3n) is 27.9. The number of fused-ring (bicyclic) bond motifs is 7. The number of rotatable bonds is 18. The molecule has 8 saturated heterocycles. The first-order valence-electron chi connectivity index (χ1n) is 38.9. The van der Waals surface area contributed by atoms with Gasteiger partial charge >= 0.3 is 5.97 Å². The molecule has 12 fully saturated rings. The normalized spacial score (nSPS) is 54.8. The van der Waals surface area contributed by atoms with E-state index in [2.05, 4.69) is 54.5 Å². The van der Waals surface area contributed by atoms with E-state index in [1.54, 1.807) is 0 Å². The Bertz CT molecular complexity index is 3180. The van der Waals surface area contributed by atoms with Crippen molar-refractivity contribution in [2.45, 2.75) is 341 Å². The summed E-state index contributed by atoms with van der Waals surface area (Å²) in [6, 6.07) is 0. The molecule has 13 rings (SSSR count). The van der Waals surface area contributed by atoms with Crippen molar-refractivity contribution in [2.75, 3.05) is 46.2 Å². The van der Waals surface area contributed by atoms with Crippen LogP contribution in [0, 0.1) is 50.2 Å². The molecule has 0 spiro atoms. The van der Waals surface area contributed by atoms with E-state index in [0.29, 0.717) is 44.9 Å². The van der Waals surface area contributed by atoms with E-state index in [-0.39, 0.29) is 24.7 Å². The van der Waals surface area contributed by atoms with Gasteiger partial charge in [0.05, 0.1) is 64.6 Å². The predicted molar refractivity (Wildman–Crippen MR) is 363 cm³/mol. The maximum absolute atomic E-state index is 16.0. The molecule has 38 heteroatoms. The highest BCUT2D eigenvalue weighted by molar-refractivity contribution is 5.80. The van der Waals surface area contributed by atoms with Gasteiger partial charge < -0.3 is 183 Å². The molecule has 0 aromatic heterocycles. The fourth-order valence-electron chi connectivity index (χ4n) is 21.0. The summed E-state index contributed by atoms with van der Waals surface area (Å²) >= 11 is 0. The van der Waals surface area contributed by atoms with Gasteiger partial charge in [0.25, 0.3) is 0 Å². The Labute approximate surface area is 640 Å². The molecular formula is C73H118O38. The number of ether oxygens (including phenoxy) is 16. The first kappa shape index (κ1) is 86.6. The lowest BCUT2D eigenvalue weighted by atomic mass is 9.33. The van der Waals surface area contributed by atoms with Crippen LogP contribution in [0.3, 0.4) is 0 Å².